The van der Waals surface area contributed by atoms with Crippen molar-refractivity contribution in [2.24, 2.45) is 0 Å². The van der Waals surface area contributed by atoms with E-state index in [1.54, 1.807) is 18.2 Å². The van der Waals surface area contributed by atoms with Crippen molar-refractivity contribution in [1.82, 2.24) is 4.90 Å². The molecule has 19 heavy (non-hydrogen) atoms. The number of amides is 1. The zero-order chi connectivity index (χ0) is 13.8. The lowest BCUT2D eigenvalue weighted by Gasteiger charge is -2.31. The molecule has 0 aromatic heterocycles. The minimum Gasteiger partial charge on any atom is -0.325 e. The molecule has 1 amide bonds. The molecule has 0 aliphatic carbocycles. The predicted molar refractivity (Wildman–Crippen MR) is 80.0 cm³/mol. The Hall–Kier alpha value is -0.770. The second-order valence-corrected chi connectivity index (χ2v) is 5.85. The smallest absolute Gasteiger partial charge is 0.225 e. The van der Waals surface area contributed by atoms with Crippen molar-refractivity contribution in [2.75, 3.05) is 18.9 Å². The molecule has 0 spiro atoms. The first-order chi connectivity index (χ1) is 9.06. The Bertz CT molecular complexity index is 465. The van der Waals surface area contributed by atoms with Crippen LogP contribution in [0.25, 0.3) is 0 Å². The molecular weight excluding hydrogens is 283 g/mol. The third-order valence-corrected chi connectivity index (χ3v) is 4.11. The molecule has 2 rings (SSSR count). The van der Waals surface area contributed by atoms with E-state index in [9.17, 15) is 4.79 Å². The maximum Gasteiger partial charge on any atom is 0.225 e. The van der Waals surface area contributed by atoms with Crippen LogP contribution in [-0.4, -0.2) is 30.4 Å². The van der Waals surface area contributed by atoms with E-state index >= 15 is 0 Å². The highest BCUT2D eigenvalue weighted by atomic mass is 35.5. The normalized spacial score (nSPS) is 20.3. The SMILES string of the molecule is CN1CCCCC1CC(=O)Nc1cc(Cl)ccc1Cl. The van der Waals surface area contributed by atoms with Crippen molar-refractivity contribution < 1.29 is 4.79 Å². The summed E-state index contributed by atoms with van der Waals surface area (Å²) in [4.78, 5) is 14.3. The maximum atomic E-state index is 12.1. The average molecular weight is 301 g/mol. The Balaban J connectivity index is 1.95. The summed E-state index contributed by atoms with van der Waals surface area (Å²) in [5, 5.41) is 3.91. The Kier molecular flexibility index (Phi) is 5.08. The highest BCUT2D eigenvalue weighted by molar-refractivity contribution is 6.35. The average Bonchev–Trinajstić information content (AvgIpc) is 2.37. The zero-order valence-corrected chi connectivity index (χ0v) is 12.5. The van der Waals surface area contributed by atoms with Gasteiger partial charge in [0.25, 0.3) is 0 Å². The summed E-state index contributed by atoms with van der Waals surface area (Å²) in [5.41, 5.74) is 0.581. The summed E-state index contributed by atoms with van der Waals surface area (Å²) >= 11 is 11.9. The van der Waals surface area contributed by atoms with Gasteiger partial charge < -0.3 is 10.2 Å². The van der Waals surface area contributed by atoms with E-state index < -0.39 is 0 Å². The molecule has 1 aromatic rings. The van der Waals surface area contributed by atoms with Crippen LogP contribution in [0.2, 0.25) is 10.0 Å². The number of halogens is 2. The van der Waals surface area contributed by atoms with Crippen LogP contribution in [0.5, 0.6) is 0 Å². The highest BCUT2D eigenvalue weighted by Crippen LogP contribution is 2.26. The van der Waals surface area contributed by atoms with Crippen LogP contribution in [0.15, 0.2) is 18.2 Å². The molecule has 1 unspecified atom stereocenters. The number of anilines is 1. The largest absolute Gasteiger partial charge is 0.325 e. The van der Waals surface area contributed by atoms with Crippen molar-refractivity contribution in [1.29, 1.82) is 0 Å². The molecule has 1 aromatic carbocycles. The number of benzene rings is 1. The molecule has 1 heterocycles. The van der Waals surface area contributed by atoms with Gasteiger partial charge >= 0.3 is 0 Å². The molecule has 1 N–H and O–H groups in total. The molecule has 1 atom stereocenters. The number of carbonyl (C=O) groups excluding carboxylic acids is 1. The number of likely N-dealkylation sites (tertiary alicyclic amines) is 1. The second-order valence-electron chi connectivity index (χ2n) is 5.01. The molecule has 0 radical (unpaired) electrons. The maximum absolute atomic E-state index is 12.1. The van der Waals surface area contributed by atoms with E-state index in [0.29, 0.717) is 28.2 Å². The molecule has 5 heteroatoms. The lowest BCUT2D eigenvalue weighted by Crippen LogP contribution is -2.38. The Morgan fingerprint density at radius 1 is 1.42 bits per heavy atom. The van der Waals surface area contributed by atoms with Gasteiger partial charge in [-0.05, 0) is 44.6 Å². The molecule has 1 fully saturated rings. The standard InChI is InChI=1S/C14H18Cl2N2O/c1-18-7-3-2-4-11(18)9-14(19)17-13-8-10(15)5-6-12(13)16/h5-6,8,11H,2-4,7,9H2,1H3,(H,17,19). The second kappa shape index (κ2) is 6.60. The number of rotatable bonds is 3. The summed E-state index contributed by atoms with van der Waals surface area (Å²) in [5.74, 6) is -0.0112. The number of nitrogens with one attached hydrogen (secondary N) is 1. The number of hydrogen-bond acceptors (Lipinski definition) is 2. The minimum absolute atomic E-state index is 0.0112. The van der Waals surface area contributed by atoms with Crippen LogP contribution in [0.4, 0.5) is 5.69 Å². The number of carbonyl (C=O) groups is 1. The minimum atomic E-state index is -0.0112. The van der Waals surface area contributed by atoms with Crippen molar-refractivity contribution in [2.45, 2.75) is 31.7 Å². The molecule has 1 aliphatic rings. The fraction of sp³-hybridized carbons (Fsp3) is 0.500. The molecule has 1 aliphatic heterocycles. The van der Waals surface area contributed by atoms with Gasteiger partial charge in [-0.15, -0.1) is 0 Å². The fourth-order valence-corrected chi connectivity index (χ4v) is 2.75. The first kappa shape index (κ1) is 14.6. The number of hydrogen-bond donors (Lipinski definition) is 1. The van der Waals surface area contributed by atoms with Gasteiger partial charge in [0, 0.05) is 17.5 Å². The third-order valence-electron chi connectivity index (χ3n) is 3.55. The van der Waals surface area contributed by atoms with Gasteiger partial charge in [-0.25, -0.2) is 0 Å². The molecular formula is C14H18Cl2N2O. The lowest BCUT2D eigenvalue weighted by atomic mass is 10.00. The Morgan fingerprint density at radius 3 is 2.95 bits per heavy atom. The van der Waals surface area contributed by atoms with Gasteiger partial charge in [0.1, 0.15) is 0 Å². The molecule has 1 saturated heterocycles. The van der Waals surface area contributed by atoms with Gasteiger partial charge in [-0.2, -0.15) is 0 Å². The van der Waals surface area contributed by atoms with E-state index in [2.05, 4.69) is 17.3 Å². The van der Waals surface area contributed by atoms with Crippen LogP contribution < -0.4 is 5.32 Å². The zero-order valence-electron chi connectivity index (χ0n) is 11.0. The summed E-state index contributed by atoms with van der Waals surface area (Å²) in [6.07, 6.45) is 3.99. The third kappa shape index (κ3) is 4.10. The van der Waals surface area contributed by atoms with Crippen molar-refractivity contribution in [3.05, 3.63) is 28.2 Å². The molecule has 3 nitrogen and oxygen atoms in total. The van der Waals surface area contributed by atoms with E-state index in [1.807, 2.05) is 0 Å². The van der Waals surface area contributed by atoms with Crippen molar-refractivity contribution >= 4 is 34.8 Å². The summed E-state index contributed by atoms with van der Waals surface area (Å²) in [6, 6.07) is 5.39. The van der Waals surface area contributed by atoms with Crippen LogP contribution in [0.3, 0.4) is 0 Å². The quantitative estimate of drug-likeness (QED) is 0.921. The summed E-state index contributed by atoms with van der Waals surface area (Å²) in [7, 11) is 2.07. The number of nitrogens with zero attached hydrogens (tertiary/aromatic N) is 1. The van der Waals surface area contributed by atoms with Gasteiger partial charge in [-0.1, -0.05) is 29.6 Å². The Morgan fingerprint density at radius 2 is 2.21 bits per heavy atom. The van der Waals surface area contributed by atoms with Crippen molar-refractivity contribution in [3.63, 3.8) is 0 Å². The van der Waals surface area contributed by atoms with Gasteiger partial charge in [0.15, 0.2) is 0 Å². The number of piperidine rings is 1. The first-order valence-corrected chi connectivity index (χ1v) is 7.27. The van der Waals surface area contributed by atoms with E-state index in [4.69, 9.17) is 23.2 Å². The first-order valence-electron chi connectivity index (χ1n) is 6.51. The van der Waals surface area contributed by atoms with Crippen LogP contribution in [0, 0.1) is 0 Å². The van der Waals surface area contributed by atoms with Gasteiger partial charge in [0.05, 0.1) is 10.7 Å². The van der Waals surface area contributed by atoms with Crippen LogP contribution in [-0.2, 0) is 4.79 Å². The summed E-state index contributed by atoms with van der Waals surface area (Å²) in [6.45, 7) is 1.07. The van der Waals surface area contributed by atoms with Crippen molar-refractivity contribution in [3.8, 4) is 0 Å². The molecule has 0 saturated carbocycles. The fourth-order valence-electron chi connectivity index (χ4n) is 2.41. The monoisotopic (exact) mass is 300 g/mol. The predicted octanol–water partition coefficient (Wildman–Crippen LogP) is 3.81. The highest BCUT2D eigenvalue weighted by Gasteiger charge is 2.21. The van der Waals surface area contributed by atoms with E-state index in [-0.39, 0.29) is 5.91 Å². The van der Waals surface area contributed by atoms with Crippen LogP contribution >= 0.6 is 23.2 Å². The lowest BCUT2D eigenvalue weighted by molar-refractivity contribution is -0.117. The van der Waals surface area contributed by atoms with E-state index in [1.165, 1.54) is 12.8 Å². The van der Waals surface area contributed by atoms with Crippen LogP contribution in [0.1, 0.15) is 25.7 Å². The van der Waals surface area contributed by atoms with Gasteiger partial charge in [-0.3, -0.25) is 4.79 Å². The topological polar surface area (TPSA) is 32.3 Å². The van der Waals surface area contributed by atoms with E-state index in [0.717, 1.165) is 13.0 Å². The molecule has 0 bridgehead atoms. The Labute approximate surface area is 123 Å². The summed E-state index contributed by atoms with van der Waals surface area (Å²) < 4.78 is 0. The molecule has 104 valence electrons. The van der Waals surface area contributed by atoms with Gasteiger partial charge in [0.2, 0.25) is 5.91 Å².